The summed E-state index contributed by atoms with van der Waals surface area (Å²) in [5.41, 5.74) is 2.18. The average molecular weight is 406 g/mol. The lowest BCUT2D eigenvalue weighted by molar-refractivity contribution is 0.0588. The standard InChI is InChI=1S/C25H24F2N2O/c1-18-12-13-21(26)22(23(18)27)25(30)29-16-14-28(15-17-29)24(19-8-4-2-5-9-19)20-10-6-3-7-11-20/h2-13,24H,14-17H2,1H3. The summed E-state index contributed by atoms with van der Waals surface area (Å²) in [4.78, 5) is 16.7. The highest BCUT2D eigenvalue weighted by atomic mass is 19.1. The maximum Gasteiger partial charge on any atom is 0.259 e. The fraction of sp³-hybridized carbons (Fsp3) is 0.240. The molecule has 1 aliphatic heterocycles. The van der Waals surface area contributed by atoms with Gasteiger partial charge in [0.25, 0.3) is 5.91 Å². The second-order valence-corrected chi connectivity index (χ2v) is 7.61. The molecular weight excluding hydrogens is 382 g/mol. The van der Waals surface area contributed by atoms with E-state index in [1.165, 1.54) is 24.1 Å². The number of carbonyl (C=O) groups excluding carboxylic acids is 1. The largest absolute Gasteiger partial charge is 0.336 e. The fourth-order valence-electron chi connectivity index (χ4n) is 4.08. The second-order valence-electron chi connectivity index (χ2n) is 7.61. The molecular formula is C25H24F2N2O. The molecule has 0 bridgehead atoms. The molecule has 1 aliphatic rings. The number of benzene rings is 3. The molecule has 3 aromatic rings. The minimum Gasteiger partial charge on any atom is -0.336 e. The molecule has 0 unspecified atom stereocenters. The van der Waals surface area contributed by atoms with Crippen molar-refractivity contribution in [2.75, 3.05) is 26.2 Å². The van der Waals surface area contributed by atoms with Gasteiger partial charge in [0.15, 0.2) is 0 Å². The second kappa shape index (κ2) is 8.76. The summed E-state index contributed by atoms with van der Waals surface area (Å²) >= 11 is 0. The van der Waals surface area contributed by atoms with E-state index in [2.05, 4.69) is 29.2 Å². The Kier molecular flexibility index (Phi) is 5.91. The van der Waals surface area contributed by atoms with Gasteiger partial charge < -0.3 is 4.90 Å². The van der Waals surface area contributed by atoms with E-state index in [0.717, 1.165) is 6.07 Å². The Morgan fingerprint density at radius 3 is 1.87 bits per heavy atom. The highest BCUT2D eigenvalue weighted by Gasteiger charge is 2.30. The molecule has 3 nitrogen and oxygen atoms in total. The molecule has 0 spiro atoms. The molecule has 1 saturated heterocycles. The van der Waals surface area contributed by atoms with Crippen molar-refractivity contribution < 1.29 is 13.6 Å². The van der Waals surface area contributed by atoms with Crippen LogP contribution in [0.4, 0.5) is 8.78 Å². The van der Waals surface area contributed by atoms with E-state index >= 15 is 0 Å². The molecule has 0 aromatic heterocycles. The van der Waals surface area contributed by atoms with Gasteiger partial charge in [-0.05, 0) is 29.7 Å². The third-order valence-corrected chi connectivity index (χ3v) is 5.70. The molecule has 4 rings (SSSR count). The van der Waals surface area contributed by atoms with Crippen molar-refractivity contribution in [3.63, 3.8) is 0 Å². The van der Waals surface area contributed by atoms with E-state index in [9.17, 15) is 13.6 Å². The zero-order valence-electron chi connectivity index (χ0n) is 16.9. The first-order valence-electron chi connectivity index (χ1n) is 10.1. The fourth-order valence-corrected chi connectivity index (χ4v) is 4.08. The van der Waals surface area contributed by atoms with E-state index in [1.54, 1.807) is 4.90 Å². The lowest BCUT2D eigenvalue weighted by Crippen LogP contribution is -2.50. The molecule has 30 heavy (non-hydrogen) atoms. The van der Waals surface area contributed by atoms with E-state index in [-0.39, 0.29) is 11.6 Å². The van der Waals surface area contributed by atoms with Crippen molar-refractivity contribution in [2.24, 2.45) is 0 Å². The number of piperazine rings is 1. The quantitative estimate of drug-likeness (QED) is 0.620. The van der Waals surface area contributed by atoms with Gasteiger partial charge in [-0.3, -0.25) is 9.69 Å². The smallest absolute Gasteiger partial charge is 0.259 e. The number of nitrogens with zero attached hydrogens (tertiary/aromatic N) is 2. The highest BCUT2D eigenvalue weighted by molar-refractivity contribution is 5.95. The summed E-state index contributed by atoms with van der Waals surface area (Å²) < 4.78 is 28.6. The first-order chi connectivity index (χ1) is 14.6. The monoisotopic (exact) mass is 406 g/mol. The van der Waals surface area contributed by atoms with E-state index in [0.29, 0.717) is 26.2 Å². The lowest BCUT2D eigenvalue weighted by atomic mass is 9.96. The Balaban J connectivity index is 1.54. The zero-order valence-corrected chi connectivity index (χ0v) is 16.9. The Bertz CT molecular complexity index is 977. The normalized spacial score (nSPS) is 14.9. The topological polar surface area (TPSA) is 23.6 Å². The minimum atomic E-state index is -0.808. The molecule has 0 saturated carbocycles. The van der Waals surface area contributed by atoms with Crippen LogP contribution >= 0.6 is 0 Å². The third-order valence-electron chi connectivity index (χ3n) is 5.70. The highest BCUT2D eigenvalue weighted by Crippen LogP contribution is 2.30. The van der Waals surface area contributed by atoms with Gasteiger partial charge in [-0.25, -0.2) is 8.78 Å². The van der Waals surface area contributed by atoms with Crippen LogP contribution in [0.2, 0.25) is 0 Å². The molecule has 154 valence electrons. The van der Waals surface area contributed by atoms with Gasteiger partial charge in [0, 0.05) is 26.2 Å². The maximum atomic E-state index is 14.4. The summed E-state index contributed by atoms with van der Waals surface area (Å²) in [6.07, 6.45) is 0. The van der Waals surface area contributed by atoms with Gasteiger partial charge >= 0.3 is 0 Å². The van der Waals surface area contributed by atoms with Gasteiger partial charge in [-0.1, -0.05) is 66.7 Å². The number of hydrogen-bond donors (Lipinski definition) is 0. The van der Waals surface area contributed by atoms with Crippen LogP contribution in [0.25, 0.3) is 0 Å². The van der Waals surface area contributed by atoms with Gasteiger partial charge in [-0.2, -0.15) is 0 Å². The van der Waals surface area contributed by atoms with Crippen molar-refractivity contribution in [3.8, 4) is 0 Å². The van der Waals surface area contributed by atoms with Gasteiger partial charge in [0.2, 0.25) is 0 Å². The molecule has 0 atom stereocenters. The van der Waals surface area contributed by atoms with Gasteiger partial charge in [-0.15, -0.1) is 0 Å². The summed E-state index contributed by atoms with van der Waals surface area (Å²) in [5.74, 6) is -2.16. The summed E-state index contributed by atoms with van der Waals surface area (Å²) in [6, 6.07) is 23.1. The lowest BCUT2D eigenvalue weighted by Gasteiger charge is -2.40. The van der Waals surface area contributed by atoms with Crippen LogP contribution in [-0.4, -0.2) is 41.9 Å². The number of amides is 1. The van der Waals surface area contributed by atoms with Crippen LogP contribution in [0, 0.1) is 18.6 Å². The summed E-state index contributed by atoms with van der Waals surface area (Å²) in [5, 5.41) is 0. The Labute approximate surface area is 175 Å². The predicted octanol–water partition coefficient (Wildman–Crippen LogP) is 4.82. The Morgan fingerprint density at radius 1 is 0.800 bits per heavy atom. The molecule has 5 heteroatoms. The van der Waals surface area contributed by atoms with Crippen LogP contribution in [0.5, 0.6) is 0 Å². The number of carbonyl (C=O) groups is 1. The van der Waals surface area contributed by atoms with Crippen molar-refractivity contribution in [1.82, 2.24) is 9.80 Å². The third kappa shape index (κ3) is 3.98. The van der Waals surface area contributed by atoms with E-state index < -0.39 is 23.1 Å². The number of halogens is 2. The first kappa shape index (κ1) is 20.2. The van der Waals surface area contributed by atoms with Crippen molar-refractivity contribution >= 4 is 5.91 Å². The van der Waals surface area contributed by atoms with Gasteiger partial charge in [0.1, 0.15) is 17.2 Å². The van der Waals surface area contributed by atoms with Crippen LogP contribution in [-0.2, 0) is 0 Å². The Hall–Kier alpha value is -3.05. The first-order valence-corrected chi connectivity index (χ1v) is 10.1. The number of rotatable bonds is 4. The maximum absolute atomic E-state index is 14.4. The van der Waals surface area contributed by atoms with Crippen molar-refractivity contribution in [1.29, 1.82) is 0 Å². The van der Waals surface area contributed by atoms with Crippen LogP contribution < -0.4 is 0 Å². The van der Waals surface area contributed by atoms with Crippen LogP contribution in [0.15, 0.2) is 72.8 Å². The zero-order chi connectivity index (χ0) is 21.1. The molecule has 1 heterocycles. The van der Waals surface area contributed by atoms with Crippen molar-refractivity contribution in [3.05, 3.63) is 107 Å². The minimum absolute atomic E-state index is 0.0668. The Morgan fingerprint density at radius 2 is 1.33 bits per heavy atom. The molecule has 1 amide bonds. The van der Waals surface area contributed by atoms with Gasteiger partial charge in [0.05, 0.1) is 6.04 Å². The van der Waals surface area contributed by atoms with E-state index in [4.69, 9.17) is 0 Å². The van der Waals surface area contributed by atoms with Crippen molar-refractivity contribution in [2.45, 2.75) is 13.0 Å². The molecule has 0 N–H and O–H groups in total. The summed E-state index contributed by atoms with van der Waals surface area (Å²) in [6.45, 7) is 3.61. The van der Waals surface area contributed by atoms with Crippen LogP contribution in [0.3, 0.4) is 0 Å². The molecule has 0 radical (unpaired) electrons. The molecule has 0 aliphatic carbocycles. The average Bonchev–Trinajstić information content (AvgIpc) is 2.79. The van der Waals surface area contributed by atoms with E-state index in [1.807, 2.05) is 36.4 Å². The van der Waals surface area contributed by atoms with Crippen LogP contribution in [0.1, 0.15) is 33.1 Å². The number of hydrogen-bond acceptors (Lipinski definition) is 2. The SMILES string of the molecule is Cc1ccc(F)c(C(=O)N2CCN(C(c3ccccc3)c3ccccc3)CC2)c1F. The molecule has 3 aromatic carbocycles. The molecule has 1 fully saturated rings. The predicted molar refractivity (Wildman–Crippen MR) is 113 cm³/mol. The number of aryl methyl sites for hydroxylation is 1. The summed E-state index contributed by atoms with van der Waals surface area (Å²) in [7, 11) is 0.